The molecule has 2 aromatic heterocycles. The molecule has 0 fully saturated rings. The van der Waals surface area contributed by atoms with E-state index in [1.54, 1.807) is 19.2 Å². The molecule has 0 atom stereocenters. The number of hydrogen-bond donors (Lipinski definition) is 1. The van der Waals surface area contributed by atoms with Crippen molar-refractivity contribution in [2.24, 2.45) is 0 Å². The van der Waals surface area contributed by atoms with E-state index >= 15 is 0 Å². The molecule has 2 heterocycles. The third-order valence-electron chi connectivity index (χ3n) is 3.55. The van der Waals surface area contributed by atoms with Crippen LogP contribution >= 0.6 is 0 Å². The molecule has 1 N–H and O–H groups in total. The Kier molecular flexibility index (Phi) is 5.86. The van der Waals surface area contributed by atoms with E-state index in [1.165, 1.54) is 5.57 Å². The lowest BCUT2D eigenvalue weighted by Crippen LogP contribution is -2.09. The lowest BCUT2D eigenvalue weighted by atomic mass is 10.0. The van der Waals surface area contributed by atoms with Gasteiger partial charge in [-0.05, 0) is 62.4 Å². The van der Waals surface area contributed by atoms with Crippen LogP contribution < -0.4 is 5.32 Å². The van der Waals surface area contributed by atoms with Gasteiger partial charge in [-0.25, -0.2) is 4.98 Å². The van der Waals surface area contributed by atoms with Crippen molar-refractivity contribution in [3.8, 4) is 23.1 Å². The molecule has 0 saturated carbocycles. The van der Waals surface area contributed by atoms with E-state index in [-0.39, 0.29) is 5.91 Å². The molecule has 0 unspecified atom stereocenters. The third kappa shape index (κ3) is 4.30. The topological polar surface area (TPSA) is 54.9 Å². The number of nitrogens with zero attached hydrogens (tertiary/aromatic N) is 2. The van der Waals surface area contributed by atoms with Crippen LogP contribution in [0.1, 0.15) is 38.4 Å². The van der Waals surface area contributed by atoms with Crippen LogP contribution in [0.2, 0.25) is 0 Å². The van der Waals surface area contributed by atoms with Gasteiger partial charge < -0.3 is 0 Å². The predicted molar refractivity (Wildman–Crippen MR) is 98.2 cm³/mol. The second kappa shape index (κ2) is 8.07. The number of amides is 1. The van der Waals surface area contributed by atoms with Crippen LogP contribution in [0, 0.1) is 18.8 Å². The monoisotopic (exact) mass is 319 g/mol. The highest BCUT2D eigenvalue weighted by Crippen LogP contribution is 2.25. The largest absolute Gasteiger partial charge is 0.301 e. The van der Waals surface area contributed by atoms with E-state index in [1.807, 2.05) is 19.1 Å². The summed E-state index contributed by atoms with van der Waals surface area (Å²) >= 11 is 0. The van der Waals surface area contributed by atoms with Crippen molar-refractivity contribution in [1.82, 2.24) is 9.97 Å². The SMILES string of the molecule is CC#CC(=O)Nc1cccc(-c2cnc(C)c(/C(C)=C\CC)c2)n1. The second-order valence-electron chi connectivity index (χ2n) is 5.39. The maximum Gasteiger partial charge on any atom is 0.301 e. The van der Waals surface area contributed by atoms with Gasteiger partial charge in [-0.15, -0.1) is 0 Å². The number of nitrogens with one attached hydrogen (secondary N) is 1. The number of hydrogen-bond acceptors (Lipinski definition) is 3. The van der Waals surface area contributed by atoms with Crippen molar-refractivity contribution >= 4 is 17.3 Å². The van der Waals surface area contributed by atoms with Crippen molar-refractivity contribution in [3.05, 3.63) is 47.8 Å². The highest BCUT2D eigenvalue weighted by molar-refractivity contribution is 6.03. The van der Waals surface area contributed by atoms with E-state index in [0.717, 1.165) is 28.9 Å². The minimum Gasteiger partial charge on any atom is -0.300 e. The third-order valence-corrected chi connectivity index (χ3v) is 3.55. The first-order chi connectivity index (χ1) is 11.5. The number of rotatable bonds is 4. The van der Waals surface area contributed by atoms with Crippen LogP contribution in [-0.4, -0.2) is 15.9 Å². The average molecular weight is 319 g/mol. The summed E-state index contributed by atoms with van der Waals surface area (Å²) in [5.74, 6) is 5.11. The molecule has 4 nitrogen and oxygen atoms in total. The minimum atomic E-state index is -0.369. The Morgan fingerprint density at radius 3 is 2.88 bits per heavy atom. The molecule has 24 heavy (non-hydrogen) atoms. The van der Waals surface area contributed by atoms with E-state index in [0.29, 0.717) is 5.82 Å². The van der Waals surface area contributed by atoms with Gasteiger partial charge in [0, 0.05) is 17.5 Å². The Balaban J connectivity index is 2.38. The Hall–Kier alpha value is -2.93. The molecule has 0 spiro atoms. The van der Waals surface area contributed by atoms with Gasteiger partial charge in [0.05, 0.1) is 5.69 Å². The van der Waals surface area contributed by atoms with Crippen LogP contribution in [0.5, 0.6) is 0 Å². The number of aromatic nitrogens is 2. The van der Waals surface area contributed by atoms with Gasteiger partial charge in [-0.2, -0.15) is 0 Å². The predicted octanol–water partition coefficient (Wildman–Crippen LogP) is 4.23. The average Bonchev–Trinajstić information content (AvgIpc) is 2.56. The maximum absolute atomic E-state index is 11.6. The second-order valence-corrected chi connectivity index (χ2v) is 5.39. The summed E-state index contributed by atoms with van der Waals surface area (Å²) < 4.78 is 0. The lowest BCUT2D eigenvalue weighted by Gasteiger charge is -2.09. The summed E-state index contributed by atoms with van der Waals surface area (Å²) in [6, 6.07) is 7.58. The molecule has 0 aliphatic carbocycles. The fraction of sp³-hybridized carbons (Fsp3) is 0.250. The van der Waals surface area contributed by atoms with Gasteiger partial charge in [0.25, 0.3) is 0 Å². The normalized spacial score (nSPS) is 10.8. The zero-order chi connectivity index (χ0) is 17.5. The standard InChI is InChI=1S/C20H21N3O/c1-5-8-14(3)17-12-16(13-21-15(17)4)18-10-7-11-19(22-18)23-20(24)9-6-2/h7-8,10-13H,5H2,1-4H3,(H,22,23,24)/b14-8-. The molecule has 1 amide bonds. The van der Waals surface area contributed by atoms with Crippen LogP contribution in [0.4, 0.5) is 5.82 Å². The lowest BCUT2D eigenvalue weighted by molar-refractivity contribution is -0.111. The first-order valence-corrected chi connectivity index (χ1v) is 7.90. The molecule has 0 radical (unpaired) electrons. The Bertz CT molecular complexity index is 841. The summed E-state index contributed by atoms with van der Waals surface area (Å²) in [6.45, 7) is 7.82. The van der Waals surface area contributed by atoms with Crippen LogP contribution in [0.3, 0.4) is 0 Å². The molecule has 4 heteroatoms. The molecule has 0 aliphatic heterocycles. The van der Waals surface area contributed by atoms with Crippen molar-refractivity contribution in [1.29, 1.82) is 0 Å². The van der Waals surface area contributed by atoms with Gasteiger partial charge in [-0.1, -0.05) is 25.0 Å². The molecule has 0 aromatic carbocycles. The first-order valence-electron chi connectivity index (χ1n) is 7.90. The molecule has 0 aliphatic rings. The molecule has 122 valence electrons. The van der Waals surface area contributed by atoms with Crippen molar-refractivity contribution < 1.29 is 4.79 Å². The summed E-state index contributed by atoms with van der Waals surface area (Å²) in [5, 5.41) is 2.67. The van der Waals surface area contributed by atoms with Gasteiger partial charge in [0.15, 0.2) is 0 Å². The summed E-state index contributed by atoms with van der Waals surface area (Å²) in [5.41, 5.74) is 4.98. The Morgan fingerprint density at radius 1 is 1.38 bits per heavy atom. The van der Waals surface area contributed by atoms with Crippen molar-refractivity contribution in [2.75, 3.05) is 5.32 Å². The van der Waals surface area contributed by atoms with Crippen molar-refractivity contribution in [3.63, 3.8) is 0 Å². The van der Waals surface area contributed by atoms with E-state index in [9.17, 15) is 4.79 Å². The van der Waals surface area contributed by atoms with Gasteiger partial charge >= 0.3 is 5.91 Å². The summed E-state index contributed by atoms with van der Waals surface area (Å²) in [7, 11) is 0. The first kappa shape index (κ1) is 17.4. The minimum absolute atomic E-state index is 0.369. The summed E-state index contributed by atoms with van der Waals surface area (Å²) in [6.07, 6.45) is 4.97. The number of carbonyl (C=O) groups is 1. The number of aryl methyl sites for hydroxylation is 1. The zero-order valence-corrected chi connectivity index (χ0v) is 14.5. The molecular weight excluding hydrogens is 298 g/mol. The van der Waals surface area contributed by atoms with E-state index in [4.69, 9.17) is 0 Å². The molecule has 2 aromatic rings. The Labute approximate surface area is 143 Å². The van der Waals surface area contributed by atoms with Crippen LogP contribution in [0.15, 0.2) is 36.5 Å². The fourth-order valence-electron chi connectivity index (χ4n) is 2.41. The molecular formula is C20H21N3O. The van der Waals surface area contributed by atoms with Gasteiger partial charge in [-0.3, -0.25) is 15.1 Å². The number of anilines is 1. The maximum atomic E-state index is 11.6. The molecule has 0 bridgehead atoms. The summed E-state index contributed by atoms with van der Waals surface area (Å²) in [4.78, 5) is 20.5. The number of carbonyl (C=O) groups excluding carboxylic acids is 1. The van der Waals surface area contributed by atoms with Gasteiger partial charge in [0.2, 0.25) is 0 Å². The highest BCUT2D eigenvalue weighted by Gasteiger charge is 2.08. The van der Waals surface area contributed by atoms with E-state index in [2.05, 4.69) is 53.1 Å². The van der Waals surface area contributed by atoms with Crippen LogP contribution in [0.25, 0.3) is 16.8 Å². The molecule has 2 rings (SSSR count). The highest BCUT2D eigenvalue weighted by atomic mass is 16.1. The number of pyridine rings is 2. The number of allylic oxidation sites excluding steroid dienone is 2. The zero-order valence-electron chi connectivity index (χ0n) is 14.5. The van der Waals surface area contributed by atoms with Crippen LogP contribution in [-0.2, 0) is 4.79 Å². The van der Waals surface area contributed by atoms with Gasteiger partial charge in [0.1, 0.15) is 5.82 Å². The quantitative estimate of drug-likeness (QED) is 0.858. The smallest absolute Gasteiger partial charge is 0.300 e. The molecule has 0 saturated heterocycles. The Morgan fingerprint density at radius 2 is 2.17 bits per heavy atom. The van der Waals surface area contributed by atoms with Crippen molar-refractivity contribution in [2.45, 2.75) is 34.1 Å². The fourth-order valence-corrected chi connectivity index (χ4v) is 2.41. The van der Waals surface area contributed by atoms with E-state index < -0.39 is 0 Å².